The molecule has 0 spiro atoms. The van der Waals surface area contributed by atoms with Crippen molar-refractivity contribution in [3.05, 3.63) is 48.6 Å². The summed E-state index contributed by atoms with van der Waals surface area (Å²) in [6.45, 7) is 6.27. The fraction of sp³-hybridized carbons (Fsp3) is 0.591. The molecule has 136 valence electrons. The molecular weight excluding hydrogens is 310 g/mol. The molecule has 2 unspecified atom stereocenters. The molecule has 2 bridgehead atoms. The van der Waals surface area contributed by atoms with Crippen LogP contribution in [0.2, 0.25) is 0 Å². The van der Waals surface area contributed by atoms with Crippen LogP contribution >= 0.6 is 0 Å². The van der Waals surface area contributed by atoms with Gasteiger partial charge >= 0.3 is 0 Å². The first kappa shape index (κ1) is 18.3. The molecule has 2 atom stereocenters. The highest BCUT2D eigenvalue weighted by molar-refractivity contribution is 5.81. The number of hydrogen-bond donors (Lipinski definition) is 0. The number of hydrogen-bond acceptors (Lipinski definition) is 3. The van der Waals surface area contributed by atoms with Crippen LogP contribution in [0.25, 0.3) is 0 Å². The molecule has 2 saturated heterocycles. The van der Waals surface area contributed by atoms with E-state index in [1.165, 1.54) is 5.56 Å². The lowest BCUT2D eigenvalue weighted by atomic mass is 9.81. The number of nitrogens with zero attached hydrogens (tertiary/aromatic N) is 1. The lowest BCUT2D eigenvalue weighted by Gasteiger charge is -2.48. The Bertz CT molecular complexity index is 542. The van der Waals surface area contributed by atoms with Gasteiger partial charge in [0.1, 0.15) is 5.78 Å². The molecule has 2 aliphatic heterocycles. The Balaban J connectivity index is 1.52. The highest BCUT2D eigenvalue weighted by atomic mass is 16.5. The van der Waals surface area contributed by atoms with Crippen LogP contribution in [-0.2, 0) is 16.1 Å². The first-order valence-corrected chi connectivity index (χ1v) is 9.79. The zero-order valence-corrected chi connectivity index (χ0v) is 15.2. The van der Waals surface area contributed by atoms with Crippen molar-refractivity contribution in [1.29, 1.82) is 0 Å². The Labute approximate surface area is 152 Å². The number of unbranched alkanes of at least 4 members (excludes halogenated alkanes) is 3. The molecule has 3 nitrogen and oxygen atoms in total. The average Bonchev–Trinajstić information content (AvgIpc) is 2.62. The van der Waals surface area contributed by atoms with Crippen LogP contribution in [0, 0.1) is 5.92 Å². The second-order valence-electron chi connectivity index (χ2n) is 7.53. The number of carbonyl (C=O) groups excluding carboxylic acids is 1. The SMILES string of the molecule is C=CCCCCCC(=O)C1CC2COCC(C1)N2Cc1ccccc1. The molecule has 0 radical (unpaired) electrons. The summed E-state index contributed by atoms with van der Waals surface area (Å²) in [5.74, 6) is 0.722. The third-order valence-electron chi connectivity index (χ3n) is 5.67. The van der Waals surface area contributed by atoms with Gasteiger partial charge in [-0.15, -0.1) is 6.58 Å². The number of ether oxygens (including phenoxy) is 1. The summed E-state index contributed by atoms with van der Waals surface area (Å²) in [4.78, 5) is 15.2. The van der Waals surface area contributed by atoms with Gasteiger partial charge in [-0.1, -0.05) is 42.8 Å². The normalized spacial score (nSPS) is 26.3. The van der Waals surface area contributed by atoms with Gasteiger partial charge < -0.3 is 4.74 Å². The lowest BCUT2D eigenvalue weighted by molar-refractivity contribution is -0.133. The average molecular weight is 341 g/mol. The fourth-order valence-electron chi connectivity index (χ4n) is 4.27. The minimum Gasteiger partial charge on any atom is -0.378 e. The van der Waals surface area contributed by atoms with E-state index >= 15 is 0 Å². The van der Waals surface area contributed by atoms with Crippen LogP contribution in [0.1, 0.15) is 50.5 Å². The first-order chi connectivity index (χ1) is 12.3. The number of carbonyl (C=O) groups is 1. The Kier molecular flexibility index (Phi) is 6.83. The highest BCUT2D eigenvalue weighted by Crippen LogP contribution is 2.34. The van der Waals surface area contributed by atoms with Crippen molar-refractivity contribution in [2.75, 3.05) is 13.2 Å². The molecule has 2 aliphatic rings. The van der Waals surface area contributed by atoms with Gasteiger partial charge in [-0.3, -0.25) is 9.69 Å². The number of piperidine rings is 1. The van der Waals surface area contributed by atoms with E-state index in [1.807, 2.05) is 6.08 Å². The monoisotopic (exact) mass is 341 g/mol. The number of Topliss-reactive ketones (excluding diaryl/α,β-unsaturated/α-hetero) is 1. The molecule has 1 aromatic rings. The predicted octanol–water partition coefficient (Wildman–Crippen LogP) is 4.37. The fourth-order valence-corrected chi connectivity index (χ4v) is 4.27. The first-order valence-electron chi connectivity index (χ1n) is 9.79. The molecule has 1 aromatic carbocycles. The maximum atomic E-state index is 12.6. The minimum atomic E-state index is 0.241. The van der Waals surface area contributed by atoms with Gasteiger partial charge in [0, 0.05) is 31.0 Å². The van der Waals surface area contributed by atoms with Crippen LogP contribution in [0.4, 0.5) is 0 Å². The topological polar surface area (TPSA) is 29.5 Å². The summed E-state index contributed by atoms with van der Waals surface area (Å²) < 4.78 is 5.80. The van der Waals surface area contributed by atoms with Gasteiger partial charge in [0.25, 0.3) is 0 Å². The third-order valence-corrected chi connectivity index (χ3v) is 5.67. The third kappa shape index (κ3) is 5.02. The van der Waals surface area contributed by atoms with Gasteiger partial charge in [0.05, 0.1) is 13.2 Å². The van der Waals surface area contributed by atoms with Gasteiger partial charge in [0.2, 0.25) is 0 Å². The minimum absolute atomic E-state index is 0.241. The molecule has 2 fully saturated rings. The number of ketones is 1. The van der Waals surface area contributed by atoms with Crippen molar-refractivity contribution in [1.82, 2.24) is 4.90 Å². The lowest BCUT2D eigenvalue weighted by Crippen LogP contribution is -2.57. The van der Waals surface area contributed by atoms with Gasteiger partial charge in [-0.2, -0.15) is 0 Å². The molecule has 0 saturated carbocycles. The molecule has 0 N–H and O–H groups in total. The summed E-state index contributed by atoms with van der Waals surface area (Å²) in [6.07, 6.45) is 9.04. The number of benzene rings is 1. The smallest absolute Gasteiger partial charge is 0.136 e. The largest absolute Gasteiger partial charge is 0.378 e. The Hall–Kier alpha value is -1.45. The molecule has 25 heavy (non-hydrogen) atoms. The van der Waals surface area contributed by atoms with Crippen LogP contribution in [-0.4, -0.2) is 36.0 Å². The molecule has 0 aliphatic carbocycles. The molecule has 3 rings (SSSR count). The zero-order valence-electron chi connectivity index (χ0n) is 15.2. The van der Waals surface area contributed by atoms with E-state index in [1.54, 1.807) is 0 Å². The molecular formula is C22H31NO2. The van der Waals surface area contributed by atoms with E-state index in [9.17, 15) is 4.79 Å². The van der Waals surface area contributed by atoms with Crippen molar-refractivity contribution >= 4 is 5.78 Å². The quantitative estimate of drug-likeness (QED) is 0.493. The zero-order chi connectivity index (χ0) is 17.5. The second-order valence-corrected chi connectivity index (χ2v) is 7.53. The standard InChI is InChI=1S/C22H31NO2/c1-2-3-4-5-9-12-22(24)19-13-20-16-25-17-21(14-19)23(20)15-18-10-7-6-8-11-18/h2,6-8,10-11,19-21H,1,3-5,9,12-17H2. The van der Waals surface area contributed by atoms with E-state index in [0.29, 0.717) is 17.9 Å². The molecule has 3 heteroatoms. The molecule has 2 heterocycles. The number of rotatable bonds is 9. The summed E-state index contributed by atoms with van der Waals surface area (Å²) in [6, 6.07) is 11.4. The second kappa shape index (κ2) is 9.30. The van der Waals surface area contributed by atoms with Crippen LogP contribution in [0.3, 0.4) is 0 Å². The van der Waals surface area contributed by atoms with E-state index in [4.69, 9.17) is 4.74 Å². The van der Waals surface area contributed by atoms with Gasteiger partial charge in [0.15, 0.2) is 0 Å². The van der Waals surface area contributed by atoms with Crippen molar-refractivity contribution in [3.8, 4) is 0 Å². The maximum absolute atomic E-state index is 12.6. The Morgan fingerprint density at radius 2 is 1.84 bits per heavy atom. The van der Waals surface area contributed by atoms with E-state index in [0.717, 1.165) is 64.7 Å². The molecule has 0 amide bonds. The van der Waals surface area contributed by atoms with Crippen molar-refractivity contribution in [2.45, 2.75) is 63.6 Å². The van der Waals surface area contributed by atoms with E-state index in [2.05, 4.69) is 41.8 Å². The van der Waals surface area contributed by atoms with Gasteiger partial charge in [-0.25, -0.2) is 0 Å². The highest BCUT2D eigenvalue weighted by Gasteiger charge is 2.40. The van der Waals surface area contributed by atoms with Crippen LogP contribution < -0.4 is 0 Å². The van der Waals surface area contributed by atoms with Gasteiger partial charge in [-0.05, 0) is 37.7 Å². The number of morpholine rings is 1. The number of allylic oxidation sites excluding steroid dienone is 1. The number of fused-ring (bicyclic) bond motifs is 2. The van der Waals surface area contributed by atoms with Crippen LogP contribution in [0.15, 0.2) is 43.0 Å². The summed E-state index contributed by atoms with van der Waals surface area (Å²) in [5.41, 5.74) is 1.35. The van der Waals surface area contributed by atoms with Crippen LogP contribution in [0.5, 0.6) is 0 Å². The van der Waals surface area contributed by atoms with Crippen molar-refractivity contribution in [2.24, 2.45) is 5.92 Å². The van der Waals surface area contributed by atoms with Crippen molar-refractivity contribution < 1.29 is 9.53 Å². The summed E-state index contributed by atoms with van der Waals surface area (Å²) in [7, 11) is 0. The predicted molar refractivity (Wildman–Crippen MR) is 101 cm³/mol. The van der Waals surface area contributed by atoms with E-state index in [-0.39, 0.29) is 5.92 Å². The molecule has 0 aromatic heterocycles. The summed E-state index contributed by atoms with van der Waals surface area (Å²) in [5, 5.41) is 0. The van der Waals surface area contributed by atoms with Crippen molar-refractivity contribution in [3.63, 3.8) is 0 Å². The van der Waals surface area contributed by atoms with E-state index < -0.39 is 0 Å². The Morgan fingerprint density at radius 3 is 2.52 bits per heavy atom. The Morgan fingerprint density at radius 1 is 1.12 bits per heavy atom. The summed E-state index contributed by atoms with van der Waals surface area (Å²) >= 11 is 0. The maximum Gasteiger partial charge on any atom is 0.136 e.